The van der Waals surface area contributed by atoms with Gasteiger partial charge < -0.3 is 15.4 Å². The molecule has 2 saturated carbocycles. The van der Waals surface area contributed by atoms with Gasteiger partial charge in [0.05, 0.1) is 18.2 Å². The zero-order chi connectivity index (χ0) is 19.7. The van der Waals surface area contributed by atoms with Crippen LogP contribution in [0.5, 0.6) is 0 Å². The van der Waals surface area contributed by atoms with Crippen LogP contribution < -0.4 is 10.6 Å². The summed E-state index contributed by atoms with van der Waals surface area (Å²) in [6.07, 6.45) is 2.87. The van der Waals surface area contributed by atoms with Gasteiger partial charge in [-0.1, -0.05) is 12.8 Å². The fourth-order valence-electron chi connectivity index (χ4n) is 4.40. The molecule has 1 aromatic rings. The van der Waals surface area contributed by atoms with E-state index in [-0.39, 0.29) is 23.9 Å². The summed E-state index contributed by atoms with van der Waals surface area (Å²) in [6, 6.07) is 3.94. The van der Waals surface area contributed by atoms with Gasteiger partial charge in [-0.2, -0.15) is 13.2 Å². The van der Waals surface area contributed by atoms with Crippen LogP contribution in [0.2, 0.25) is 0 Å². The molecule has 2 N–H and O–H groups in total. The molecule has 0 aromatic heterocycles. The van der Waals surface area contributed by atoms with E-state index in [9.17, 15) is 18.0 Å². The molecule has 1 amide bonds. The first kappa shape index (κ1) is 19.7. The van der Waals surface area contributed by atoms with Crippen molar-refractivity contribution in [2.24, 2.45) is 0 Å². The Morgan fingerprint density at radius 1 is 1.04 bits per heavy atom. The van der Waals surface area contributed by atoms with Gasteiger partial charge >= 0.3 is 6.18 Å². The fourth-order valence-corrected chi connectivity index (χ4v) is 4.40. The van der Waals surface area contributed by atoms with Gasteiger partial charge in [0.1, 0.15) is 0 Å². The molecule has 2 atom stereocenters. The standard InChI is InChI=1S/C21H27F3N2O2/c22-21(23,24)14-7-8-16(17(11-14)13-5-6-13)20(27)26-19-12-28-10-9-18(19)25-15-3-1-2-4-15/h7-8,11,13,15,18-19,25H,1-6,9-10,12H2,(H,26,27). The Bertz CT molecular complexity index is 712. The van der Waals surface area contributed by atoms with E-state index in [1.54, 1.807) is 0 Å². The number of carbonyl (C=O) groups is 1. The Labute approximate surface area is 163 Å². The molecule has 154 valence electrons. The van der Waals surface area contributed by atoms with Crippen molar-refractivity contribution in [3.63, 3.8) is 0 Å². The predicted octanol–water partition coefficient (Wildman–Crippen LogP) is 4.00. The van der Waals surface area contributed by atoms with E-state index in [4.69, 9.17) is 4.74 Å². The summed E-state index contributed by atoms with van der Waals surface area (Å²) in [4.78, 5) is 12.9. The molecule has 0 radical (unpaired) electrons. The van der Waals surface area contributed by atoms with Gasteiger partial charge in [0.15, 0.2) is 0 Å². The van der Waals surface area contributed by atoms with Gasteiger partial charge in [0.25, 0.3) is 5.91 Å². The lowest BCUT2D eigenvalue weighted by Crippen LogP contribution is -2.57. The van der Waals surface area contributed by atoms with Gasteiger partial charge in [0, 0.05) is 24.3 Å². The average Bonchev–Trinajstić information content (AvgIpc) is 3.39. The average molecular weight is 396 g/mol. The van der Waals surface area contributed by atoms with E-state index in [0.717, 1.165) is 44.2 Å². The van der Waals surface area contributed by atoms with E-state index in [0.29, 0.717) is 30.4 Å². The summed E-state index contributed by atoms with van der Waals surface area (Å²) in [7, 11) is 0. The van der Waals surface area contributed by atoms with Crippen LogP contribution in [0.4, 0.5) is 13.2 Å². The maximum Gasteiger partial charge on any atom is 0.416 e. The van der Waals surface area contributed by atoms with Crippen LogP contribution in [0.25, 0.3) is 0 Å². The van der Waals surface area contributed by atoms with Gasteiger partial charge in [-0.25, -0.2) is 0 Å². The van der Waals surface area contributed by atoms with Crippen molar-refractivity contribution in [2.75, 3.05) is 13.2 Å². The summed E-state index contributed by atoms with van der Waals surface area (Å²) < 4.78 is 44.8. The van der Waals surface area contributed by atoms with E-state index in [1.807, 2.05) is 0 Å². The Kier molecular flexibility index (Phi) is 5.65. The smallest absolute Gasteiger partial charge is 0.379 e. The van der Waals surface area contributed by atoms with Crippen molar-refractivity contribution in [2.45, 2.75) is 75.2 Å². The highest BCUT2D eigenvalue weighted by Gasteiger charge is 2.36. The van der Waals surface area contributed by atoms with E-state index < -0.39 is 11.7 Å². The molecule has 2 unspecified atom stereocenters. The number of alkyl halides is 3. The first-order valence-corrected chi connectivity index (χ1v) is 10.3. The highest BCUT2D eigenvalue weighted by Crippen LogP contribution is 2.43. The summed E-state index contributed by atoms with van der Waals surface area (Å²) in [5, 5.41) is 6.69. The van der Waals surface area contributed by atoms with E-state index in [1.165, 1.54) is 18.9 Å². The largest absolute Gasteiger partial charge is 0.416 e. The lowest BCUT2D eigenvalue weighted by molar-refractivity contribution is -0.137. The van der Waals surface area contributed by atoms with Crippen molar-refractivity contribution in [3.8, 4) is 0 Å². The zero-order valence-electron chi connectivity index (χ0n) is 15.9. The molecule has 3 fully saturated rings. The number of rotatable bonds is 5. The number of benzene rings is 1. The summed E-state index contributed by atoms with van der Waals surface area (Å²) in [6.45, 7) is 1.08. The lowest BCUT2D eigenvalue weighted by Gasteiger charge is -2.35. The normalized spacial score (nSPS) is 26.4. The molecule has 1 aliphatic heterocycles. The number of halogens is 3. The highest BCUT2D eigenvalue weighted by molar-refractivity contribution is 5.96. The number of carbonyl (C=O) groups excluding carboxylic acids is 1. The maximum atomic E-state index is 13.1. The van der Waals surface area contributed by atoms with Crippen LogP contribution in [-0.2, 0) is 10.9 Å². The molecule has 7 heteroatoms. The van der Waals surface area contributed by atoms with Gasteiger partial charge in [-0.15, -0.1) is 0 Å². The Balaban J connectivity index is 1.48. The van der Waals surface area contributed by atoms with Gasteiger partial charge in [0.2, 0.25) is 0 Å². The van der Waals surface area contributed by atoms with Crippen LogP contribution in [-0.4, -0.2) is 37.2 Å². The minimum absolute atomic E-state index is 0.0538. The SMILES string of the molecule is O=C(NC1COCCC1NC1CCCC1)c1ccc(C(F)(F)F)cc1C1CC1. The van der Waals surface area contributed by atoms with E-state index >= 15 is 0 Å². The first-order valence-electron chi connectivity index (χ1n) is 10.3. The van der Waals surface area contributed by atoms with Gasteiger partial charge in [-0.3, -0.25) is 4.79 Å². The number of hydrogen-bond donors (Lipinski definition) is 2. The molecular formula is C21H27F3N2O2. The zero-order valence-corrected chi connectivity index (χ0v) is 15.9. The molecule has 3 aliphatic rings. The van der Waals surface area contributed by atoms with Crippen molar-refractivity contribution >= 4 is 5.91 Å². The highest BCUT2D eigenvalue weighted by atomic mass is 19.4. The summed E-state index contributed by atoms with van der Waals surface area (Å²) >= 11 is 0. The monoisotopic (exact) mass is 396 g/mol. The number of ether oxygens (including phenoxy) is 1. The number of amides is 1. The van der Waals surface area contributed by atoms with Crippen LogP contribution in [0.3, 0.4) is 0 Å². The molecule has 0 spiro atoms. The molecule has 1 saturated heterocycles. The van der Waals surface area contributed by atoms with Crippen LogP contribution in [0.15, 0.2) is 18.2 Å². The second-order valence-corrected chi connectivity index (χ2v) is 8.27. The van der Waals surface area contributed by atoms with Crippen LogP contribution in [0, 0.1) is 0 Å². The molecule has 28 heavy (non-hydrogen) atoms. The fraction of sp³-hybridized carbons (Fsp3) is 0.667. The molecule has 1 heterocycles. The second kappa shape index (κ2) is 8.03. The third-order valence-corrected chi connectivity index (χ3v) is 6.12. The van der Waals surface area contributed by atoms with Crippen molar-refractivity contribution in [1.29, 1.82) is 0 Å². The molecular weight excluding hydrogens is 369 g/mol. The van der Waals surface area contributed by atoms with Crippen LogP contribution in [0.1, 0.15) is 72.3 Å². The lowest BCUT2D eigenvalue weighted by atomic mass is 9.97. The Morgan fingerprint density at radius 3 is 2.46 bits per heavy atom. The molecule has 4 nitrogen and oxygen atoms in total. The van der Waals surface area contributed by atoms with Crippen molar-refractivity contribution in [1.82, 2.24) is 10.6 Å². The molecule has 1 aromatic carbocycles. The van der Waals surface area contributed by atoms with Crippen molar-refractivity contribution < 1.29 is 22.7 Å². The third kappa shape index (κ3) is 4.51. The maximum absolute atomic E-state index is 13.1. The quantitative estimate of drug-likeness (QED) is 0.791. The Hall–Kier alpha value is -1.60. The topological polar surface area (TPSA) is 50.4 Å². The minimum Gasteiger partial charge on any atom is -0.379 e. The second-order valence-electron chi connectivity index (χ2n) is 8.27. The molecule has 2 aliphatic carbocycles. The number of hydrogen-bond acceptors (Lipinski definition) is 3. The first-order chi connectivity index (χ1) is 13.4. The molecule has 0 bridgehead atoms. The number of nitrogens with one attached hydrogen (secondary N) is 2. The van der Waals surface area contributed by atoms with Crippen molar-refractivity contribution in [3.05, 3.63) is 34.9 Å². The third-order valence-electron chi connectivity index (χ3n) is 6.12. The predicted molar refractivity (Wildman–Crippen MR) is 99.3 cm³/mol. The Morgan fingerprint density at radius 2 is 1.79 bits per heavy atom. The summed E-state index contributed by atoms with van der Waals surface area (Å²) in [5.41, 5.74) is 0.192. The van der Waals surface area contributed by atoms with Gasteiger partial charge in [-0.05, 0) is 61.8 Å². The molecule has 4 rings (SSSR count). The minimum atomic E-state index is -4.40. The van der Waals surface area contributed by atoms with Crippen LogP contribution >= 0.6 is 0 Å². The summed E-state index contributed by atoms with van der Waals surface area (Å²) in [5.74, 6) is -0.248. The van der Waals surface area contributed by atoms with E-state index in [2.05, 4.69) is 10.6 Å².